The second-order valence-corrected chi connectivity index (χ2v) is 11.5. The van der Waals surface area contributed by atoms with Crippen LogP contribution in [0.1, 0.15) is 11.1 Å². The number of likely N-dealkylation sites (N-methyl/N-ethyl adjacent to an activating group) is 1. The molecule has 2 heterocycles. The Hall–Kier alpha value is -4.58. The highest BCUT2D eigenvalue weighted by Crippen LogP contribution is 2.35. The summed E-state index contributed by atoms with van der Waals surface area (Å²) in [6, 6.07) is 23.2. The summed E-state index contributed by atoms with van der Waals surface area (Å²) in [6.45, 7) is 0. The van der Waals surface area contributed by atoms with E-state index in [9.17, 15) is 23.1 Å². The molecule has 1 aromatic heterocycles. The van der Waals surface area contributed by atoms with E-state index in [-0.39, 0.29) is 28.4 Å². The Morgan fingerprint density at radius 2 is 1.55 bits per heavy atom. The molecule has 0 aliphatic carbocycles. The minimum Gasteiger partial charge on any atom is -0.505 e. The maximum absolute atomic E-state index is 12.5. The molecular formula is C29H24Cl2N4O6S. The number of pyridine rings is 1. The quantitative estimate of drug-likeness (QED) is 0.205. The smallest absolute Gasteiger partial charge is 0.307 e. The molecule has 1 aliphatic rings. The first kappa shape index (κ1) is 30.4. The number of carbonyl (C=O) groups is 2. The number of hydrogen-bond donors (Lipinski definition) is 4. The van der Waals surface area contributed by atoms with Gasteiger partial charge in [-0.1, -0.05) is 65.7 Å². The number of para-hydroxylation sites is 2. The standard InChI is InChI=1S/C15H13N3O4S.C14H11Cl2NO2/c1-18-13(15(20)17-12-8-4-5-9-16-12)14(19)10-6-2-3-7-11(10)23(18,21)22;15-10-5-3-6-11(16)14(10)17-12-7-2-1-4-9(12)8-13(18)19/h2-9,19H,1H3,(H,16,17,20);1-7,17H,8H2,(H,18,19). The molecule has 42 heavy (non-hydrogen) atoms. The van der Waals surface area contributed by atoms with Crippen molar-refractivity contribution in [2.45, 2.75) is 11.3 Å². The molecule has 4 aromatic rings. The topological polar surface area (TPSA) is 149 Å². The number of rotatable bonds is 6. The zero-order valence-corrected chi connectivity index (χ0v) is 24.3. The third-order valence-corrected chi connectivity index (χ3v) is 8.47. The van der Waals surface area contributed by atoms with Gasteiger partial charge in [0, 0.05) is 24.5 Å². The van der Waals surface area contributed by atoms with E-state index in [1.807, 2.05) is 6.07 Å². The highest BCUT2D eigenvalue weighted by atomic mass is 35.5. The van der Waals surface area contributed by atoms with Crippen LogP contribution >= 0.6 is 23.2 Å². The zero-order chi connectivity index (χ0) is 30.4. The van der Waals surface area contributed by atoms with Gasteiger partial charge >= 0.3 is 5.97 Å². The third-order valence-electron chi connectivity index (χ3n) is 6.02. The fourth-order valence-electron chi connectivity index (χ4n) is 4.01. The van der Waals surface area contributed by atoms with Crippen LogP contribution in [0.2, 0.25) is 10.0 Å². The number of nitrogens with one attached hydrogen (secondary N) is 2. The SMILES string of the molecule is CN1C(C(=O)Nc2ccccn2)=C(O)c2ccccc2S1(=O)=O.O=C(O)Cc1ccccc1Nc1c(Cl)cccc1Cl. The zero-order valence-electron chi connectivity index (χ0n) is 22.0. The Bertz CT molecular complexity index is 1760. The highest BCUT2D eigenvalue weighted by Gasteiger charge is 2.37. The maximum Gasteiger partial charge on any atom is 0.307 e. The number of hydrogen-bond acceptors (Lipinski definition) is 7. The van der Waals surface area contributed by atoms with E-state index < -0.39 is 27.7 Å². The van der Waals surface area contributed by atoms with E-state index >= 15 is 0 Å². The van der Waals surface area contributed by atoms with Crippen LogP contribution in [0.25, 0.3) is 5.76 Å². The van der Waals surface area contributed by atoms with Gasteiger partial charge in [-0.25, -0.2) is 13.4 Å². The maximum atomic E-state index is 12.5. The van der Waals surface area contributed by atoms with Crippen LogP contribution in [0.5, 0.6) is 0 Å². The molecule has 0 saturated heterocycles. The average Bonchev–Trinajstić information content (AvgIpc) is 2.96. The molecule has 0 saturated carbocycles. The number of carboxylic acids is 1. The van der Waals surface area contributed by atoms with E-state index in [1.54, 1.807) is 66.7 Å². The number of nitrogens with zero attached hydrogens (tertiary/aromatic N) is 2. The van der Waals surface area contributed by atoms with E-state index in [0.29, 0.717) is 27.0 Å². The first-order valence-electron chi connectivity index (χ1n) is 12.3. The van der Waals surface area contributed by atoms with Crippen molar-refractivity contribution in [1.29, 1.82) is 0 Å². The van der Waals surface area contributed by atoms with Crippen molar-refractivity contribution >= 4 is 68.1 Å². The third kappa shape index (κ3) is 6.65. The highest BCUT2D eigenvalue weighted by molar-refractivity contribution is 7.89. The summed E-state index contributed by atoms with van der Waals surface area (Å²) in [4.78, 5) is 27.1. The molecule has 10 nitrogen and oxygen atoms in total. The fraction of sp³-hybridized carbons (Fsp3) is 0.0690. The number of amides is 1. The van der Waals surface area contributed by atoms with Crippen LogP contribution in [-0.4, -0.2) is 46.8 Å². The molecule has 4 N–H and O–H groups in total. The second-order valence-electron chi connectivity index (χ2n) is 8.78. The minimum absolute atomic E-state index is 0.0469. The molecule has 5 rings (SSSR count). The molecular weight excluding hydrogens is 603 g/mol. The van der Waals surface area contributed by atoms with Gasteiger partial charge in [-0.15, -0.1) is 0 Å². The van der Waals surface area contributed by atoms with Crippen LogP contribution in [0.4, 0.5) is 17.2 Å². The summed E-state index contributed by atoms with van der Waals surface area (Å²) in [5, 5.41) is 25.8. The van der Waals surface area contributed by atoms with Crippen molar-refractivity contribution in [3.8, 4) is 0 Å². The lowest BCUT2D eigenvalue weighted by Gasteiger charge is -2.28. The predicted molar refractivity (Wildman–Crippen MR) is 161 cm³/mol. The van der Waals surface area contributed by atoms with Crippen LogP contribution in [0, 0.1) is 0 Å². The number of aliphatic hydroxyl groups excluding tert-OH is 1. The van der Waals surface area contributed by atoms with Gasteiger partial charge in [0.2, 0.25) is 0 Å². The Morgan fingerprint density at radius 3 is 2.21 bits per heavy atom. The van der Waals surface area contributed by atoms with E-state index in [1.165, 1.54) is 25.4 Å². The normalized spacial score (nSPS) is 13.4. The molecule has 216 valence electrons. The van der Waals surface area contributed by atoms with Gasteiger partial charge in [0.1, 0.15) is 5.82 Å². The molecule has 1 aliphatic heterocycles. The van der Waals surface area contributed by atoms with Gasteiger partial charge in [-0.2, -0.15) is 0 Å². The first-order valence-corrected chi connectivity index (χ1v) is 14.4. The number of sulfonamides is 1. The molecule has 0 fully saturated rings. The number of aliphatic hydroxyl groups is 1. The fourth-order valence-corrected chi connectivity index (χ4v) is 5.90. The summed E-state index contributed by atoms with van der Waals surface area (Å²) >= 11 is 12.1. The summed E-state index contributed by atoms with van der Waals surface area (Å²) in [5.74, 6) is -1.80. The van der Waals surface area contributed by atoms with Gasteiger partial charge in [-0.05, 0) is 48.0 Å². The summed E-state index contributed by atoms with van der Waals surface area (Å²) in [5.41, 5.74) is 1.67. The number of anilines is 3. The molecule has 3 aromatic carbocycles. The van der Waals surface area contributed by atoms with Gasteiger partial charge < -0.3 is 20.8 Å². The predicted octanol–water partition coefficient (Wildman–Crippen LogP) is 5.95. The average molecular weight is 628 g/mol. The molecule has 13 heteroatoms. The number of aromatic nitrogens is 1. The second kappa shape index (κ2) is 12.9. The van der Waals surface area contributed by atoms with E-state index in [2.05, 4.69) is 15.6 Å². The monoisotopic (exact) mass is 626 g/mol. The van der Waals surface area contributed by atoms with Crippen molar-refractivity contribution in [3.63, 3.8) is 0 Å². The molecule has 1 amide bonds. The number of benzene rings is 3. The summed E-state index contributed by atoms with van der Waals surface area (Å²) in [6.07, 6.45) is 1.42. The minimum atomic E-state index is -3.91. The molecule has 0 radical (unpaired) electrons. The van der Waals surface area contributed by atoms with Crippen LogP contribution in [0.3, 0.4) is 0 Å². The van der Waals surface area contributed by atoms with Gasteiger partial charge in [-0.3, -0.25) is 13.9 Å². The van der Waals surface area contributed by atoms with E-state index in [0.717, 1.165) is 4.31 Å². The number of fused-ring (bicyclic) bond motifs is 1. The Morgan fingerprint density at radius 1 is 0.905 bits per heavy atom. The van der Waals surface area contributed by atoms with Crippen LogP contribution in [-0.2, 0) is 26.0 Å². The van der Waals surface area contributed by atoms with Crippen molar-refractivity contribution in [2.75, 3.05) is 17.7 Å². The van der Waals surface area contributed by atoms with Gasteiger partial charge in [0.25, 0.3) is 15.9 Å². The van der Waals surface area contributed by atoms with Crippen molar-refractivity contribution in [2.24, 2.45) is 0 Å². The first-order chi connectivity index (χ1) is 20.0. The van der Waals surface area contributed by atoms with Crippen LogP contribution in [0.15, 0.2) is 102 Å². The van der Waals surface area contributed by atoms with Gasteiger partial charge in [0.15, 0.2) is 11.5 Å². The van der Waals surface area contributed by atoms with E-state index in [4.69, 9.17) is 28.3 Å². The van der Waals surface area contributed by atoms with Crippen LogP contribution < -0.4 is 10.6 Å². The number of carboxylic acid groups (broad SMARTS) is 1. The largest absolute Gasteiger partial charge is 0.505 e. The molecule has 0 spiro atoms. The molecule has 0 bridgehead atoms. The number of halogens is 2. The Balaban J connectivity index is 0.000000197. The number of aliphatic carboxylic acids is 1. The lowest BCUT2D eigenvalue weighted by Crippen LogP contribution is -2.37. The van der Waals surface area contributed by atoms with Crippen molar-refractivity contribution < 1.29 is 28.2 Å². The molecule has 0 atom stereocenters. The lowest BCUT2D eigenvalue weighted by atomic mass is 10.1. The lowest BCUT2D eigenvalue weighted by molar-refractivity contribution is -0.136. The summed E-state index contributed by atoms with van der Waals surface area (Å²) in [7, 11) is -2.69. The van der Waals surface area contributed by atoms with Crippen molar-refractivity contribution in [3.05, 3.63) is 118 Å². The number of carbonyl (C=O) groups excluding carboxylic acids is 1. The summed E-state index contributed by atoms with van der Waals surface area (Å²) < 4.78 is 25.8. The van der Waals surface area contributed by atoms with Gasteiger partial charge in [0.05, 0.1) is 27.0 Å². The molecule has 0 unspecified atom stereocenters. The van der Waals surface area contributed by atoms with Crippen molar-refractivity contribution in [1.82, 2.24) is 9.29 Å². The Labute approximate surface area is 251 Å². The Kier molecular flexibility index (Phi) is 9.36.